The Kier molecular flexibility index (Phi) is 6.94. The lowest BCUT2D eigenvalue weighted by Crippen LogP contribution is -2.55. The molecule has 1 aliphatic rings. The van der Waals surface area contributed by atoms with Gasteiger partial charge in [0.15, 0.2) is 0 Å². The van der Waals surface area contributed by atoms with Crippen molar-refractivity contribution in [2.75, 3.05) is 24.7 Å². The molecule has 2 unspecified atom stereocenters. The number of carbonyl (C=O) groups is 1. The predicted molar refractivity (Wildman–Crippen MR) is 92.3 cm³/mol. The summed E-state index contributed by atoms with van der Waals surface area (Å²) in [7, 11) is -5.27. The molecule has 1 aromatic carbocycles. The third-order valence-corrected chi connectivity index (χ3v) is 7.09. The summed E-state index contributed by atoms with van der Waals surface area (Å²) < 4.78 is 43.8. The average molecular weight is 390 g/mol. The van der Waals surface area contributed by atoms with Crippen LogP contribution in [0, 0.1) is 0 Å². The van der Waals surface area contributed by atoms with Crippen molar-refractivity contribution in [2.24, 2.45) is 0 Å². The molecule has 0 saturated carbocycles. The van der Waals surface area contributed by atoms with E-state index in [2.05, 4.69) is 0 Å². The zero-order chi connectivity index (χ0) is 18.4. The molecule has 8 nitrogen and oxygen atoms in total. The van der Waals surface area contributed by atoms with Crippen molar-refractivity contribution >= 4 is 26.7 Å². The van der Waals surface area contributed by atoms with E-state index in [0.29, 0.717) is 12.4 Å². The monoisotopic (exact) mass is 390 g/mol. The van der Waals surface area contributed by atoms with E-state index in [1.54, 1.807) is 12.1 Å². The van der Waals surface area contributed by atoms with Crippen molar-refractivity contribution in [3.05, 3.63) is 24.3 Å². The molecule has 0 spiro atoms. The Labute approximate surface area is 149 Å². The summed E-state index contributed by atoms with van der Waals surface area (Å²) in [4.78, 5) is 11.8. The van der Waals surface area contributed by atoms with Crippen molar-refractivity contribution in [3.63, 3.8) is 0 Å². The van der Waals surface area contributed by atoms with Crippen LogP contribution in [0.4, 0.5) is 0 Å². The lowest BCUT2D eigenvalue weighted by Gasteiger charge is -2.32. The number of unbranched alkanes of at least 4 members (excludes halogenated alkanes) is 1. The van der Waals surface area contributed by atoms with Crippen molar-refractivity contribution in [2.45, 2.75) is 30.7 Å². The number of amides is 1. The van der Waals surface area contributed by atoms with Gasteiger partial charge in [-0.1, -0.05) is 13.3 Å². The largest absolute Gasteiger partial charge is 0.494 e. The highest BCUT2D eigenvalue weighted by Crippen LogP contribution is 2.24. The maximum atomic E-state index is 12.8. The van der Waals surface area contributed by atoms with Gasteiger partial charge in [0.1, 0.15) is 11.8 Å². The van der Waals surface area contributed by atoms with Crippen molar-refractivity contribution in [1.29, 1.82) is 0 Å². The molecule has 1 fully saturated rings. The molecule has 140 valence electrons. The summed E-state index contributed by atoms with van der Waals surface area (Å²) in [6.45, 7) is 2.55. The number of hydrogen-bond acceptors (Lipinski definition) is 6. The molecule has 0 radical (unpaired) electrons. The Morgan fingerprint density at radius 2 is 2.08 bits per heavy atom. The number of sulfonamides is 1. The highest BCUT2D eigenvalue weighted by atomic mass is 32.2. The fraction of sp³-hybridized carbons (Fsp3) is 0.533. The van der Waals surface area contributed by atoms with Crippen LogP contribution in [0.3, 0.4) is 0 Å². The molecule has 2 N–H and O–H groups in total. The maximum absolute atomic E-state index is 12.8. The number of carbonyl (C=O) groups excluding carboxylic acids is 1. The lowest BCUT2D eigenvalue weighted by atomic mass is 10.3. The summed E-state index contributed by atoms with van der Waals surface area (Å²) in [5.74, 6) is -0.329. The summed E-state index contributed by atoms with van der Waals surface area (Å²) in [5.41, 5.74) is 1.45. The molecule has 0 aliphatic carbocycles. The fourth-order valence-electron chi connectivity index (χ4n) is 2.44. The molecule has 0 bridgehead atoms. The lowest BCUT2D eigenvalue weighted by molar-refractivity contribution is -0.132. The molecule has 2 atom stereocenters. The standard InChI is InChI=1S/C15H22N2O6S2/c1-2-3-9-23-12-4-6-13(7-5-12)25(21,22)17-8-10-24(20)11-14(17)15(18)16-19/h4-7,14,19H,2-3,8-11H2,1H3,(H,16,18). The minimum Gasteiger partial charge on any atom is -0.494 e. The number of hydroxylamine groups is 1. The number of nitrogens with one attached hydrogen (secondary N) is 1. The van der Waals surface area contributed by atoms with E-state index in [1.807, 2.05) is 6.92 Å². The topological polar surface area (TPSA) is 113 Å². The third-order valence-electron chi connectivity index (χ3n) is 3.84. The van der Waals surface area contributed by atoms with Gasteiger partial charge in [0.2, 0.25) is 10.0 Å². The second-order valence-electron chi connectivity index (χ2n) is 5.59. The van der Waals surface area contributed by atoms with Crippen molar-refractivity contribution in [1.82, 2.24) is 9.79 Å². The Hall–Kier alpha value is -1.49. The van der Waals surface area contributed by atoms with Gasteiger partial charge < -0.3 is 4.74 Å². The Morgan fingerprint density at radius 3 is 2.68 bits per heavy atom. The predicted octanol–water partition coefficient (Wildman–Crippen LogP) is 0.493. The van der Waals surface area contributed by atoms with Crippen molar-refractivity contribution < 1.29 is 27.4 Å². The first-order valence-electron chi connectivity index (χ1n) is 7.93. The summed E-state index contributed by atoms with van der Waals surface area (Å²) in [6.07, 6.45) is 1.90. The molecular formula is C15H22N2O6S2. The Morgan fingerprint density at radius 1 is 1.40 bits per heavy atom. The van der Waals surface area contributed by atoms with Gasteiger partial charge in [0.05, 0.1) is 11.5 Å². The molecule has 2 rings (SSSR count). The van der Waals surface area contributed by atoms with E-state index in [9.17, 15) is 17.4 Å². The van der Waals surface area contributed by atoms with Crippen LogP contribution in [0.5, 0.6) is 5.75 Å². The van der Waals surface area contributed by atoms with E-state index in [1.165, 1.54) is 17.6 Å². The Balaban J connectivity index is 2.21. The second-order valence-corrected chi connectivity index (χ2v) is 9.10. The van der Waals surface area contributed by atoms with Crippen LogP contribution in [0.2, 0.25) is 0 Å². The zero-order valence-corrected chi connectivity index (χ0v) is 15.5. The van der Waals surface area contributed by atoms with Crippen LogP contribution in [0.25, 0.3) is 0 Å². The highest BCUT2D eigenvalue weighted by Gasteiger charge is 2.40. The van der Waals surface area contributed by atoms with Gasteiger partial charge >= 0.3 is 0 Å². The molecule has 1 saturated heterocycles. The quantitative estimate of drug-likeness (QED) is 0.398. The van der Waals surface area contributed by atoms with Gasteiger partial charge in [0, 0.05) is 28.9 Å². The van der Waals surface area contributed by atoms with Crippen molar-refractivity contribution in [3.8, 4) is 5.75 Å². The second kappa shape index (κ2) is 8.75. The number of benzene rings is 1. The normalized spacial score (nSPS) is 21.7. The van der Waals surface area contributed by atoms with Gasteiger partial charge in [-0.2, -0.15) is 4.31 Å². The first-order valence-corrected chi connectivity index (χ1v) is 10.9. The van der Waals surface area contributed by atoms with Crippen LogP contribution in [-0.4, -0.2) is 58.7 Å². The average Bonchev–Trinajstić information content (AvgIpc) is 2.61. The van der Waals surface area contributed by atoms with E-state index >= 15 is 0 Å². The number of nitrogens with zero attached hydrogens (tertiary/aromatic N) is 1. The summed E-state index contributed by atoms with van der Waals surface area (Å²) in [6, 6.07) is 4.74. The maximum Gasteiger partial charge on any atom is 0.262 e. The van der Waals surface area contributed by atoms with Crippen LogP contribution in [0.15, 0.2) is 29.2 Å². The SMILES string of the molecule is CCCCOc1ccc(S(=O)(=O)N2CCS(=O)CC2C(=O)NO)cc1. The molecule has 25 heavy (non-hydrogen) atoms. The highest BCUT2D eigenvalue weighted by molar-refractivity contribution is 7.89. The van der Waals surface area contributed by atoms with Gasteiger partial charge in [-0.05, 0) is 30.7 Å². The number of rotatable bonds is 7. The molecule has 10 heteroatoms. The van der Waals surface area contributed by atoms with E-state index in [-0.39, 0.29) is 22.9 Å². The number of hydrogen-bond donors (Lipinski definition) is 2. The molecule has 1 aliphatic heterocycles. The van der Waals surface area contributed by atoms with E-state index in [0.717, 1.165) is 17.1 Å². The fourth-order valence-corrected chi connectivity index (χ4v) is 5.48. The summed E-state index contributed by atoms with van der Waals surface area (Å²) >= 11 is 0. The molecule has 0 aromatic heterocycles. The van der Waals surface area contributed by atoms with Crippen LogP contribution in [0.1, 0.15) is 19.8 Å². The molecule has 1 aromatic rings. The van der Waals surface area contributed by atoms with E-state index in [4.69, 9.17) is 9.94 Å². The molecule has 1 amide bonds. The Bertz CT molecular complexity index is 720. The first-order chi connectivity index (χ1) is 11.9. The smallest absolute Gasteiger partial charge is 0.262 e. The minimum atomic E-state index is -3.96. The van der Waals surface area contributed by atoms with Crippen LogP contribution in [-0.2, 0) is 25.6 Å². The van der Waals surface area contributed by atoms with Crippen LogP contribution < -0.4 is 10.2 Å². The van der Waals surface area contributed by atoms with Gasteiger partial charge in [0.25, 0.3) is 5.91 Å². The molecule has 1 heterocycles. The van der Waals surface area contributed by atoms with Gasteiger partial charge in [-0.3, -0.25) is 14.2 Å². The summed E-state index contributed by atoms with van der Waals surface area (Å²) in [5, 5.41) is 8.83. The van der Waals surface area contributed by atoms with Gasteiger partial charge in [-0.15, -0.1) is 0 Å². The van der Waals surface area contributed by atoms with Gasteiger partial charge in [-0.25, -0.2) is 13.9 Å². The van der Waals surface area contributed by atoms with E-state index < -0.39 is 32.8 Å². The zero-order valence-electron chi connectivity index (χ0n) is 13.9. The first kappa shape index (κ1) is 19.8. The number of ether oxygens (including phenoxy) is 1. The minimum absolute atomic E-state index is 0.0127. The third kappa shape index (κ3) is 4.78. The van der Waals surface area contributed by atoms with Crippen LogP contribution >= 0.6 is 0 Å². The molecular weight excluding hydrogens is 368 g/mol.